The third-order valence-corrected chi connectivity index (χ3v) is 12.1. The molecule has 0 saturated heterocycles. The van der Waals surface area contributed by atoms with Crippen LogP contribution in [-0.2, 0) is 42.2 Å². The zero-order valence-electron chi connectivity index (χ0n) is 27.8. The first-order valence-corrected chi connectivity index (χ1v) is 19.9. The van der Waals surface area contributed by atoms with Crippen LogP contribution in [0.4, 0.5) is 0 Å². The van der Waals surface area contributed by atoms with Crippen molar-refractivity contribution in [1.82, 2.24) is 19.9 Å². The van der Waals surface area contributed by atoms with Gasteiger partial charge in [0.15, 0.2) is 0 Å². The first-order valence-electron chi connectivity index (χ1n) is 15.4. The Labute approximate surface area is 287 Å². The minimum absolute atomic E-state index is 0.536. The van der Waals surface area contributed by atoms with Crippen LogP contribution in [0.1, 0.15) is 41.5 Å². The fourth-order valence-corrected chi connectivity index (χ4v) is 9.17. The van der Waals surface area contributed by atoms with Crippen LogP contribution in [-0.4, -0.2) is 85.6 Å². The number of hydrogen-bond acceptors (Lipinski definition) is 12. The summed E-state index contributed by atoms with van der Waals surface area (Å²) in [4.78, 5) is 17.6. The number of hydrogen-bond donors (Lipinski definition) is 2. The molecule has 0 aliphatic carbocycles. The quantitative estimate of drug-likeness (QED) is 0.162. The molecule has 12 nitrogen and oxygen atoms in total. The molecule has 4 heterocycles. The number of nitrogens with zero attached hydrogens (tertiary/aromatic N) is 4. The third kappa shape index (κ3) is 12.3. The SMILES string of the molecule is CCO[Si](OCC)(OCC)c1ccc(-c2ccccn2)nc1.CCO[Si](OCC)(OCC)c1ccc(-c2ccccn2)nc1.[OH][Fe][OH]. The van der Waals surface area contributed by atoms with Gasteiger partial charge < -0.3 is 26.6 Å². The van der Waals surface area contributed by atoms with Crippen molar-refractivity contribution in [2.45, 2.75) is 41.5 Å². The van der Waals surface area contributed by atoms with Gasteiger partial charge in [0.05, 0.1) is 22.8 Å². The molecule has 4 aromatic heterocycles. The second-order valence-corrected chi connectivity index (χ2v) is 14.4. The molecular weight excluding hydrogens is 680 g/mol. The Kier molecular flexibility index (Phi) is 19.6. The average Bonchev–Trinajstić information content (AvgIpc) is 3.10. The van der Waals surface area contributed by atoms with Gasteiger partial charge in [0.1, 0.15) is 0 Å². The summed E-state index contributed by atoms with van der Waals surface area (Å²) in [6.45, 7) is 14.9. The zero-order valence-corrected chi connectivity index (χ0v) is 30.9. The maximum atomic E-state index is 7.12. The summed E-state index contributed by atoms with van der Waals surface area (Å²) >= 11 is -0.750. The van der Waals surface area contributed by atoms with Crippen molar-refractivity contribution in [1.29, 1.82) is 0 Å². The number of rotatable bonds is 16. The molecule has 15 heteroatoms. The molecule has 0 unspecified atom stereocenters. The van der Waals surface area contributed by atoms with Gasteiger partial charge in [-0.2, -0.15) is 0 Å². The summed E-state index contributed by atoms with van der Waals surface area (Å²) in [5.74, 6) is 0. The van der Waals surface area contributed by atoms with Gasteiger partial charge in [-0.1, -0.05) is 24.3 Å². The maximum absolute atomic E-state index is 7.12. The monoisotopic (exact) mass is 726 g/mol. The summed E-state index contributed by atoms with van der Waals surface area (Å²) in [5, 5.41) is 1.75. The van der Waals surface area contributed by atoms with Crippen molar-refractivity contribution >= 4 is 28.0 Å². The van der Waals surface area contributed by atoms with Crippen molar-refractivity contribution in [3.05, 3.63) is 85.5 Å². The van der Waals surface area contributed by atoms with Crippen LogP contribution >= 0.6 is 0 Å². The predicted octanol–water partition coefficient (Wildman–Crippen LogP) is 3.68. The molecule has 258 valence electrons. The normalized spacial score (nSPS) is 11.3. The van der Waals surface area contributed by atoms with E-state index in [0.29, 0.717) is 39.6 Å². The number of pyridine rings is 4. The molecule has 2 N–H and O–H groups in total. The molecule has 0 saturated carbocycles. The van der Waals surface area contributed by atoms with E-state index in [0.717, 1.165) is 33.1 Å². The van der Waals surface area contributed by atoms with Gasteiger partial charge in [0, 0.05) is 74.8 Å². The minimum atomic E-state index is -2.88. The van der Waals surface area contributed by atoms with Gasteiger partial charge in [-0.05, 0) is 77.9 Å². The Morgan fingerprint density at radius 3 is 0.979 bits per heavy atom. The van der Waals surface area contributed by atoms with E-state index in [2.05, 4.69) is 19.9 Å². The van der Waals surface area contributed by atoms with Gasteiger partial charge in [-0.3, -0.25) is 19.9 Å². The van der Waals surface area contributed by atoms with E-state index in [1.165, 1.54) is 0 Å². The Balaban J connectivity index is 0.000000302. The Morgan fingerprint density at radius 2 is 0.766 bits per heavy atom. The first kappa shape index (κ1) is 40.4. The van der Waals surface area contributed by atoms with Gasteiger partial charge in [0.2, 0.25) is 0 Å². The summed E-state index contributed by atoms with van der Waals surface area (Å²) in [7, 11) is -5.76. The molecule has 4 rings (SSSR count). The molecule has 0 fully saturated rings. The average molecular weight is 727 g/mol. The molecule has 0 radical (unpaired) electrons. The molecule has 0 spiro atoms. The molecular formula is C32H46FeN4O8Si2. The van der Waals surface area contributed by atoms with Gasteiger partial charge in [-0.15, -0.1) is 0 Å². The van der Waals surface area contributed by atoms with E-state index in [9.17, 15) is 0 Å². The van der Waals surface area contributed by atoms with E-state index < -0.39 is 33.2 Å². The van der Waals surface area contributed by atoms with E-state index in [1.807, 2.05) is 102 Å². The second-order valence-electron chi connectivity index (χ2n) is 9.08. The molecule has 0 atom stereocenters. The molecule has 0 aliphatic rings. The summed E-state index contributed by atoms with van der Waals surface area (Å²) in [6.07, 6.45) is 7.06. The summed E-state index contributed by atoms with van der Waals surface area (Å²) in [6, 6.07) is 19.3. The van der Waals surface area contributed by atoms with Crippen molar-refractivity contribution < 1.29 is 50.6 Å². The van der Waals surface area contributed by atoms with E-state index in [-0.39, 0.29) is 0 Å². The van der Waals surface area contributed by atoms with Crippen LogP contribution in [0.25, 0.3) is 22.8 Å². The molecule has 47 heavy (non-hydrogen) atoms. The van der Waals surface area contributed by atoms with Crippen LogP contribution < -0.4 is 10.4 Å². The molecule has 0 bridgehead atoms. The number of aromatic nitrogens is 4. The Morgan fingerprint density at radius 1 is 0.468 bits per heavy atom. The first-order chi connectivity index (χ1) is 22.9. The topological polar surface area (TPSA) is 147 Å². The predicted molar refractivity (Wildman–Crippen MR) is 180 cm³/mol. The standard InChI is InChI=1S/2C16H22N2O3Si.Fe.2H2O/c2*1-4-19-22(20-5-2,21-6-3)14-10-11-16(18-13-14)15-9-7-8-12-17-15;;;/h2*7-13H,4-6H2,1-3H3;;2*1H2/q;;+2;;/p-2. The van der Waals surface area contributed by atoms with E-state index in [1.54, 1.807) is 24.8 Å². The van der Waals surface area contributed by atoms with Crippen LogP contribution in [0.5, 0.6) is 0 Å². The van der Waals surface area contributed by atoms with Crippen molar-refractivity contribution in [2.75, 3.05) is 39.6 Å². The van der Waals surface area contributed by atoms with Crippen molar-refractivity contribution in [2.24, 2.45) is 0 Å². The summed E-state index contributed by atoms with van der Waals surface area (Å²) < 4.78 is 49.5. The van der Waals surface area contributed by atoms with E-state index in [4.69, 9.17) is 34.9 Å². The second kappa shape index (κ2) is 22.7. The summed E-state index contributed by atoms with van der Waals surface area (Å²) in [5.41, 5.74) is 3.31. The third-order valence-electron chi connectivity index (χ3n) is 6.09. The van der Waals surface area contributed by atoms with Gasteiger partial charge in [-0.25, -0.2) is 0 Å². The van der Waals surface area contributed by atoms with Crippen molar-refractivity contribution in [3.8, 4) is 22.8 Å². The van der Waals surface area contributed by atoms with Crippen LogP contribution in [0.2, 0.25) is 0 Å². The molecule has 4 aromatic rings. The van der Waals surface area contributed by atoms with Gasteiger partial charge >= 0.3 is 41.6 Å². The Hall–Kier alpha value is -2.77. The van der Waals surface area contributed by atoms with Gasteiger partial charge in [0.25, 0.3) is 0 Å². The van der Waals surface area contributed by atoms with Crippen LogP contribution in [0, 0.1) is 0 Å². The Bertz CT molecular complexity index is 1230. The van der Waals surface area contributed by atoms with Crippen molar-refractivity contribution in [3.63, 3.8) is 0 Å². The zero-order chi connectivity index (χ0) is 34.4. The van der Waals surface area contributed by atoms with Crippen LogP contribution in [0.15, 0.2) is 85.5 Å². The molecule has 0 aliphatic heterocycles. The fraction of sp³-hybridized carbons (Fsp3) is 0.375. The van der Waals surface area contributed by atoms with E-state index >= 15 is 0 Å². The molecule has 0 amide bonds. The van der Waals surface area contributed by atoms with Crippen LogP contribution in [0.3, 0.4) is 0 Å². The molecule has 0 aromatic carbocycles. The fourth-order valence-electron chi connectivity index (χ4n) is 4.37.